The van der Waals surface area contributed by atoms with Crippen molar-refractivity contribution in [2.75, 3.05) is 47.4 Å². The number of nitrogens with one attached hydrogen (secondary N) is 1. The minimum Gasteiger partial charge on any atom is -0.467 e. The van der Waals surface area contributed by atoms with Crippen LogP contribution in [0, 0.1) is 12.8 Å². The van der Waals surface area contributed by atoms with Crippen molar-refractivity contribution in [2.24, 2.45) is 5.92 Å². The SMILES string of the molecule is COC(=O)[C@H](CCC(=O)N1CCC(CCN(C)C)CC1)NC(=O)[C@@H]1CCCN1S(=O)(=O)c1ccc(C)cc1. The van der Waals surface area contributed by atoms with E-state index in [1.54, 1.807) is 12.1 Å². The number of benzene rings is 1. The zero-order chi connectivity index (χ0) is 27.9. The summed E-state index contributed by atoms with van der Waals surface area (Å²) in [6, 6.07) is 4.55. The van der Waals surface area contributed by atoms with Crippen molar-refractivity contribution in [2.45, 2.75) is 68.8 Å². The van der Waals surface area contributed by atoms with E-state index in [2.05, 4.69) is 24.3 Å². The Bertz CT molecular complexity index is 1070. The molecular weight excluding hydrogens is 508 g/mol. The predicted molar refractivity (Wildman–Crippen MR) is 144 cm³/mol. The molecule has 0 saturated carbocycles. The molecule has 10 nitrogen and oxygen atoms in total. The average molecular weight is 551 g/mol. The number of rotatable bonds is 11. The number of methoxy groups -OCH3 is 1. The maximum atomic E-state index is 13.2. The lowest BCUT2D eigenvalue weighted by Gasteiger charge is -2.33. The van der Waals surface area contributed by atoms with E-state index in [1.807, 2.05) is 11.8 Å². The molecule has 2 saturated heterocycles. The van der Waals surface area contributed by atoms with Crippen molar-refractivity contribution in [3.63, 3.8) is 0 Å². The summed E-state index contributed by atoms with van der Waals surface area (Å²) in [5.41, 5.74) is 0.934. The third-order valence-electron chi connectivity index (χ3n) is 7.53. The summed E-state index contributed by atoms with van der Waals surface area (Å²) < 4.78 is 32.5. The molecule has 2 fully saturated rings. The van der Waals surface area contributed by atoms with Crippen LogP contribution in [-0.4, -0.2) is 99.8 Å². The van der Waals surface area contributed by atoms with E-state index in [0.29, 0.717) is 31.8 Å². The lowest BCUT2D eigenvalue weighted by molar-refractivity contribution is -0.146. The Morgan fingerprint density at radius 1 is 1.08 bits per heavy atom. The van der Waals surface area contributed by atoms with Crippen molar-refractivity contribution in [1.82, 2.24) is 19.4 Å². The van der Waals surface area contributed by atoms with Gasteiger partial charge in [0.2, 0.25) is 21.8 Å². The number of likely N-dealkylation sites (tertiary alicyclic amines) is 1. The van der Waals surface area contributed by atoms with E-state index < -0.39 is 34.0 Å². The molecule has 212 valence electrons. The summed E-state index contributed by atoms with van der Waals surface area (Å²) >= 11 is 0. The molecule has 2 amide bonds. The third kappa shape index (κ3) is 7.77. The molecule has 2 aliphatic rings. The number of hydrogen-bond acceptors (Lipinski definition) is 7. The summed E-state index contributed by atoms with van der Waals surface area (Å²) in [4.78, 5) is 42.6. The van der Waals surface area contributed by atoms with Gasteiger partial charge in [0.1, 0.15) is 12.1 Å². The zero-order valence-corrected chi connectivity index (χ0v) is 23.8. The fraction of sp³-hybridized carbons (Fsp3) is 0.667. The first-order chi connectivity index (χ1) is 18.0. The highest BCUT2D eigenvalue weighted by Crippen LogP contribution is 2.27. The molecule has 0 unspecified atom stereocenters. The molecule has 2 atom stereocenters. The van der Waals surface area contributed by atoms with Crippen LogP contribution in [0.25, 0.3) is 0 Å². The monoisotopic (exact) mass is 550 g/mol. The van der Waals surface area contributed by atoms with E-state index in [1.165, 1.54) is 23.5 Å². The summed E-state index contributed by atoms with van der Waals surface area (Å²) in [6.07, 6.45) is 4.12. The largest absolute Gasteiger partial charge is 0.467 e. The van der Waals surface area contributed by atoms with E-state index in [4.69, 9.17) is 4.74 Å². The van der Waals surface area contributed by atoms with Gasteiger partial charge in [-0.1, -0.05) is 17.7 Å². The Morgan fingerprint density at radius 3 is 2.34 bits per heavy atom. The number of aryl methyl sites for hydroxylation is 1. The molecule has 3 rings (SSSR count). The summed E-state index contributed by atoms with van der Waals surface area (Å²) in [5, 5.41) is 2.67. The molecule has 2 heterocycles. The van der Waals surface area contributed by atoms with Crippen molar-refractivity contribution in [3.8, 4) is 0 Å². The van der Waals surface area contributed by atoms with Crippen LogP contribution in [0.1, 0.15) is 50.5 Å². The Kier molecular flexibility index (Phi) is 10.7. The van der Waals surface area contributed by atoms with Gasteiger partial charge in [0, 0.05) is 26.1 Å². The molecular formula is C27H42N4O6S. The van der Waals surface area contributed by atoms with E-state index in [0.717, 1.165) is 31.4 Å². The van der Waals surface area contributed by atoms with Crippen LogP contribution in [0.2, 0.25) is 0 Å². The molecule has 0 aromatic heterocycles. The maximum Gasteiger partial charge on any atom is 0.328 e. The number of sulfonamides is 1. The highest BCUT2D eigenvalue weighted by Gasteiger charge is 2.40. The smallest absolute Gasteiger partial charge is 0.328 e. The first kappa shape index (κ1) is 30.0. The van der Waals surface area contributed by atoms with Gasteiger partial charge in [0.25, 0.3) is 0 Å². The molecule has 2 aliphatic heterocycles. The average Bonchev–Trinajstić information content (AvgIpc) is 3.41. The summed E-state index contributed by atoms with van der Waals surface area (Å²) in [5.74, 6) is -0.653. The van der Waals surface area contributed by atoms with Gasteiger partial charge in [0.15, 0.2) is 0 Å². The highest BCUT2D eigenvalue weighted by molar-refractivity contribution is 7.89. The van der Waals surface area contributed by atoms with E-state index >= 15 is 0 Å². The van der Waals surface area contributed by atoms with Gasteiger partial charge in [0.05, 0.1) is 12.0 Å². The van der Waals surface area contributed by atoms with Crippen molar-refractivity contribution in [1.29, 1.82) is 0 Å². The molecule has 0 spiro atoms. The Hall–Kier alpha value is -2.50. The number of carbonyl (C=O) groups excluding carboxylic acids is 3. The second-order valence-electron chi connectivity index (χ2n) is 10.6. The number of hydrogen-bond donors (Lipinski definition) is 1. The van der Waals surface area contributed by atoms with Crippen molar-refractivity contribution in [3.05, 3.63) is 29.8 Å². The minimum absolute atomic E-state index is 0.0522. The van der Waals surface area contributed by atoms with Gasteiger partial charge in [-0.05, 0) is 84.1 Å². The van der Waals surface area contributed by atoms with Gasteiger partial charge >= 0.3 is 5.97 Å². The maximum absolute atomic E-state index is 13.2. The minimum atomic E-state index is -3.87. The quantitative estimate of drug-likeness (QED) is 0.418. The molecule has 1 aromatic carbocycles. The second kappa shape index (κ2) is 13.5. The molecule has 11 heteroatoms. The van der Waals surface area contributed by atoms with Crippen LogP contribution in [0.4, 0.5) is 0 Å². The Labute approximate surface area is 226 Å². The van der Waals surface area contributed by atoms with E-state index in [-0.39, 0.29) is 30.2 Å². The van der Waals surface area contributed by atoms with Gasteiger partial charge in [-0.25, -0.2) is 13.2 Å². The van der Waals surface area contributed by atoms with Crippen molar-refractivity contribution < 1.29 is 27.5 Å². The lowest BCUT2D eigenvalue weighted by atomic mass is 9.93. The molecule has 0 aliphatic carbocycles. The van der Waals surface area contributed by atoms with Crippen LogP contribution >= 0.6 is 0 Å². The van der Waals surface area contributed by atoms with Crippen LogP contribution in [-0.2, 0) is 29.1 Å². The number of piperidine rings is 1. The fourth-order valence-corrected chi connectivity index (χ4v) is 6.79. The standard InChI is InChI=1S/C27H42N4O6S/c1-20-7-9-22(10-8-20)38(35,36)31-16-5-6-24(31)26(33)28-23(27(34)37-4)11-12-25(32)30-18-14-21(15-19-30)13-17-29(2)3/h7-10,21,23-24H,5-6,11-19H2,1-4H3,(H,28,33)/t23-,24-/m0/s1. The predicted octanol–water partition coefficient (Wildman–Crippen LogP) is 1.78. The number of ether oxygens (including phenoxy) is 1. The first-order valence-electron chi connectivity index (χ1n) is 13.4. The molecule has 0 radical (unpaired) electrons. The Morgan fingerprint density at radius 2 is 1.74 bits per heavy atom. The number of nitrogens with zero attached hydrogens (tertiary/aromatic N) is 3. The zero-order valence-electron chi connectivity index (χ0n) is 23.0. The summed E-state index contributed by atoms with van der Waals surface area (Å²) in [6.45, 7) is 4.51. The molecule has 38 heavy (non-hydrogen) atoms. The number of amides is 2. The van der Waals surface area contributed by atoms with Crippen LogP contribution < -0.4 is 5.32 Å². The van der Waals surface area contributed by atoms with Gasteiger partial charge < -0.3 is 19.9 Å². The van der Waals surface area contributed by atoms with Gasteiger partial charge in [-0.3, -0.25) is 9.59 Å². The van der Waals surface area contributed by atoms with Crippen LogP contribution in [0.5, 0.6) is 0 Å². The molecule has 1 aromatic rings. The first-order valence-corrected chi connectivity index (χ1v) is 14.9. The van der Waals surface area contributed by atoms with Gasteiger partial charge in [-0.2, -0.15) is 4.31 Å². The molecule has 1 N–H and O–H groups in total. The van der Waals surface area contributed by atoms with Crippen molar-refractivity contribution >= 4 is 27.8 Å². The Balaban J connectivity index is 1.57. The fourth-order valence-electron chi connectivity index (χ4n) is 5.13. The molecule has 0 bridgehead atoms. The summed E-state index contributed by atoms with van der Waals surface area (Å²) in [7, 11) is 1.47. The number of carbonyl (C=O) groups is 3. The number of esters is 1. The topological polar surface area (TPSA) is 116 Å². The highest BCUT2D eigenvalue weighted by atomic mass is 32.2. The normalized spacial score (nSPS) is 19.9. The lowest BCUT2D eigenvalue weighted by Crippen LogP contribution is -2.51. The van der Waals surface area contributed by atoms with Crippen LogP contribution in [0.3, 0.4) is 0 Å². The van der Waals surface area contributed by atoms with E-state index in [9.17, 15) is 22.8 Å². The van der Waals surface area contributed by atoms with Crippen LogP contribution in [0.15, 0.2) is 29.2 Å². The van der Waals surface area contributed by atoms with Gasteiger partial charge in [-0.15, -0.1) is 0 Å². The second-order valence-corrected chi connectivity index (χ2v) is 12.5. The third-order valence-corrected chi connectivity index (χ3v) is 9.46.